The van der Waals surface area contributed by atoms with Crippen molar-refractivity contribution in [3.8, 4) is 0 Å². The van der Waals surface area contributed by atoms with Crippen LogP contribution in [0.2, 0.25) is 0 Å². The number of fused-ring (bicyclic) bond motifs is 1. The molecule has 2 saturated carbocycles. The topological polar surface area (TPSA) is 153 Å². The van der Waals surface area contributed by atoms with Gasteiger partial charge in [-0.3, -0.25) is 9.97 Å². The summed E-state index contributed by atoms with van der Waals surface area (Å²) in [5, 5.41) is 34.5. The second-order valence-electron chi connectivity index (χ2n) is 11.8. The minimum Gasteiger partial charge on any atom is -0.388 e. The van der Waals surface area contributed by atoms with Crippen molar-refractivity contribution in [1.82, 2.24) is 34.9 Å². The van der Waals surface area contributed by atoms with Crippen molar-refractivity contribution in [3.63, 3.8) is 0 Å². The van der Waals surface area contributed by atoms with Gasteiger partial charge in [0.2, 0.25) is 0 Å². The number of rotatable bonds is 13. The minimum atomic E-state index is -1.16. The van der Waals surface area contributed by atoms with Gasteiger partial charge in [-0.2, -0.15) is 0 Å². The monoisotopic (exact) mass is 656 g/mol. The molecule has 6 atom stereocenters. The number of halogens is 2. The van der Waals surface area contributed by atoms with Crippen LogP contribution in [0.15, 0.2) is 23.4 Å². The molecule has 4 aromatic rings. The lowest BCUT2D eigenvalue weighted by molar-refractivity contribution is -0.0700. The molecule has 12 nitrogen and oxygen atoms in total. The van der Waals surface area contributed by atoms with E-state index in [4.69, 9.17) is 19.4 Å². The lowest BCUT2D eigenvalue weighted by Gasteiger charge is -2.17. The van der Waals surface area contributed by atoms with Crippen LogP contribution in [0, 0.1) is 32.4 Å². The van der Waals surface area contributed by atoms with E-state index in [1.54, 1.807) is 6.07 Å². The van der Waals surface area contributed by atoms with E-state index in [1.807, 2.05) is 20.8 Å². The second-order valence-corrected chi connectivity index (χ2v) is 12.9. The van der Waals surface area contributed by atoms with Crippen LogP contribution in [0.5, 0.6) is 0 Å². The normalized spacial score (nSPS) is 24.2. The Morgan fingerprint density at radius 2 is 1.78 bits per heavy atom. The molecule has 2 aliphatic rings. The summed E-state index contributed by atoms with van der Waals surface area (Å²) >= 11 is 1.49. The number of aliphatic hydroxyl groups excluding tert-OH is 2. The summed E-state index contributed by atoms with van der Waals surface area (Å²) in [6, 6.07) is 3.27. The van der Waals surface area contributed by atoms with E-state index >= 15 is 0 Å². The Balaban J connectivity index is 1.13. The minimum absolute atomic E-state index is 0.00597. The van der Waals surface area contributed by atoms with E-state index in [0.717, 1.165) is 47.4 Å². The standard InChI is InChI=1S/C31H38F2N8O4S/c1-5-10-46-31-37-29(36-22-12-19(22)18-6-7-20(32)21(33)11-18)26-30(38-31)41(40-39-26)24-13-25(28(43)27(24)42)45-9-8-44-14-23-17(4)34-15(2)16(3)35-23/h6-7,11,19,22,24-25,27-28,42-43H,5,8-10,12-14H2,1-4H3,(H,36,37,38)/t19-,22+,24+,25-,27-,28+/m0/s1. The molecule has 0 aliphatic heterocycles. The third-order valence-corrected chi connectivity index (χ3v) is 9.57. The van der Waals surface area contributed by atoms with Crippen LogP contribution in [0.3, 0.4) is 0 Å². The lowest BCUT2D eigenvalue weighted by atomic mass is 10.1. The van der Waals surface area contributed by atoms with Crippen LogP contribution in [0.1, 0.15) is 66.5 Å². The molecule has 1 aromatic carbocycles. The average molecular weight is 657 g/mol. The lowest BCUT2D eigenvalue weighted by Crippen LogP contribution is -2.33. The van der Waals surface area contributed by atoms with Crippen LogP contribution in [0.4, 0.5) is 14.6 Å². The summed E-state index contributed by atoms with van der Waals surface area (Å²) < 4.78 is 40.5. The van der Waals surface area contributed by atoms with Gasteiger partial charge in [-0.1, -0.05) is 30.0 Å². The molecule has 15 heteroatoms. The first kappa shape index (κ1) is 32.6. The van der Waals surface area contributed by atoms with Gasteiger partial charge in [-0.05, 0) is 51.3 Å². The van der Waals surface area contributed by atoms with Gasteiger partial charge >= 0.3 is 0 Å². The van der Waals surface area contributed by atoms with Crippen LogP contribution in [-0.2, 0) is 16.1 Å². The third kappa shape index (κ3) is 6.83. The third-order valence-electron chi connectivity index (χ3n) is 8.51. The fourth-order valence-electron chi connectivity index (χ4n) is 5.73. The predicted octanol–water partition coefficient (Wildman–Crippen LogP) is 3.95. The van der Waals surface area contributed by atoms with Gasteiger partial charge in [0, 0.05) is 24.1 Å². The number of benzene rings is 1. The molecule has 0 unspecified atom stereocenters. The Hall–Kier alpha value is -3.37. The Labute approximate surface area is 269 Å². The molecule has 3 heterocycles. The number of ether oxygens (including phenoxy) is 2. The van der Waals surface area contributed by atoms with Crippen LogP contribution < -0.4 is 5.32 Å². The number of nitrogens with one attached hydrogen (secondary N) is 1. The average Bonchev–Trinajstić information content (AvgIpc) is 3.58. The number of hydrogen-bond donors (Lipinski definition) is 3. The Kier molecular flexibility index (Phi) is 9.75. The zero-order valence-electron chi connectivity index (χ0n) is 26.2. The molecule has 2 aliphatic carbocycles. The summed E-state index contributed by atoms with van der Waals surface area (Å²) in [4.78, 5) is 18.4. The van der Waals surface area contributed by atoms with E-state index in [1.165, 1.54) is 22.5 Å². The highest BCUT2D eigenvalue weighted by Crippen LogP contribution is 2.44. The van der Waals surface area contributed by atoms with Crippen molar-refractivity contribution < 1.29 is 28.5 Å². The quantitative estimate of drug-likeness (QED) is 0.109. The van der Waals surface area contributed by atoms with E-state index in [9.17, 15) is 19.0 Å². The molecule has 0 bridgehead atoms. The number of anilines is 1. The first-order valence-corrected chi connectivity index (χ1v) is 16.5. The number of aromatic nitrogens is 7. The van der Waals surface area contributed by atoms with Crippen molar-refractivity contribution in [1.29, 1.82) is 0 Å². The largest absolute Gasteiger partial charge is 0.388 e. The smallest absolute Gasteiger partial charge is 0.191 e. The predicted molar refractivity (Wildman–Crippen MR) is 167 cm³/mol. The van der Waals surface area contributed by atoms with E-state index < -0.39 is 36.0 Å². The Morgan fingerprint density at radius 1 is 0.978 bits per heavy atom. The number of nitrogens with zero attached hydrogens (tertiary/aromatic N) is 7. The van der Waals surface area contributed by atoms with Gasteiger partial charge in [-0.15, -0.1) is 5.10 Å². The van der Waals surface area contributed by atoms with Crippen molar-refractivity contribution in [2.24, 2.45) is 0 Å². The van der Waals surface area contributed by atoms with Gasteiger partial charge in [0.25, 0.3) is 0 Å². The summed E-state index contributed by atoms with van der Waals surface area (Å²) in [7, 11) is 0. The highest BCUT2D eigenvalue weighted by atomic mass is 32.2. The molecule has 46 heavy (non-hydrogen) atoms. The van der Waals surface area contributed by atoms with E-state index in [-0.39, 0.29) is 31.6 Å². The maximum Gasteiger partial charge on any atom is 0.191 e. The molecular formula is C31H38F2N8O4S. The molecule has 0 radical (unpaired) electrons. The van der Waals surface area contributed by atoms with Gasteiger partial charge in [-0.25, -0.2) is 23.4 Å². The summed E-state index contributed by atoms with van der Waals surface area (Å²) in [6.45, 7) is 8.57. The molecule has 2 fully saturated rings. The maximum atomic E-state index is 13.8. The van der Waals surface area contributed by atoms with E-state index in [2.05, 4.69) is 32.5 Å². The Morgan fingerprint density at radius 3 is 2.57 bits per heavy atom. The van der Waals surface area contributed by atoms with Crippen LogP contribution in [0.25, 0.3) is 11.2 Å². The fourth-order valence-corrected chi connectivity index (χ4v) is 6.43. The number of aliphatic hydroxyl groups is 2. The highest BCUT2D eigenvalue weighted by molar-refractivity contribution is 7.99. The SMILES string of the molecule is CCCSc1nc(N[C@@H]2C[C@H]2c2ccc(F)c(F)c2)c2nnn([C@@H]3C[C@H](OCCOCc4nc(C)c(C)nc4C)[C@@H](O)[C@H]3O)c2n1. The molecule has 3 aromatic heterocycles. The van der Waals surface area contributed by atoms with Gasteiger partial charge < -0.3 is 25.0 Å². The first-order chi connectivity index (χ1) is 22.1. The molecule has 0 amide bonds. The van der Waals surface area contributed by atoms with Crippen LogP contribution in [-0.4, -0.2) is 88.5 Å². The number of aryl methyl sites for hydroxylation is 3. The van der Waals surface area contributed by atoms with Gasteiger partial charge in [0.05, 0.1) is 54.7 Å². The van der Waals surface area contributed by atoms with Gasteiger partial charge in [0.1, 0.15) is 12.2 Å². The summed E-state index contributed by atoms with van der Waals surface area (Å²) in [6.07, 6.45) is -1.04. The van der Waals surface area contributed by atoms with Crippen molar-refractivity contribution >= 4 is 28.7 Å². The van der Waals surface area contributed by atoms with Crippen molar-refractivity contribution in [3.05, 3.63) is 58.2 Å². The number of hydrogen-bond acceptors (Lipinski definition) is 12. The zero-order chi connectivity index (χ0) is 32.5. The van der Waals surface area contributed by atoms with Crippen molar-refractivity contribution in [2.45, 2.75) is 95.0 Å². The van der Waals surface area contributed by atoms with Crippen molar-refractivity contribution in [2.75, 3.05) is 24.3 Å². The van der Waals surface area contributed by atoms with Crippen LogP contribution >= 0.6 is 11.8 Å². The second kappa shape index (κ2) is 13.8. The summed E-state index contributed by atoms with van der Waals surface area (Å²) in [5.41, 5.74) is 4.88. The number of thioether (sulfide) groups is 1. The summed E-state index contributed by atoms with van der Waals surface area (Å²) in [5.74, 6) is -0.478. The fraction of sp³-hybridized carbons (Fsp3) is 0.548. The molecular weight excluding hydrogens is 618 g/mol. The maximum absolute atomic E-state index is 13.8. The molecule has 246 valence electrons. The zero-order valence-corrected chi connectivity index (χ0v) is 27.0. The highest BCUT2D eigenvalue weighted by Gasteiger charge is 2.45. The molecule has 0 saturated heterocycles. The molecule has 0 spiro atoms. The van der Waals surface area contributed by atoms with Gasteiger partial charge in [0.15, 0.2) is 33.8 Å². The van der Waals surface area contributed by atoms with E-state index in [0.29, 0.717) is 34.3 Å². The first-order valence-electron chi connectivity index (χ1n) is 15.5. The molecule has 6 rings (SSSR count). The Bertz CT molecular complexity index is 1710. The molecule has 3 N–H and O–H groups in total.